The highest BCUT2D eigenvalue weighted by molar-refractivity contribution is 9.12. The zero-order valence-corrected chi connectivity index (χ0v) is 15.6. The van der Waals surface area contributed by atoms with Gasteiger partial charge in [0.05, 0.1) is 7.57 Å². The lowest BCUT2D eigenvalue weighted by molar-refractivity contribution is -0.0605. The van der Waals surface area contributed by atoms with Gasteiger partial charge in [-0.25, -0.2) is 0 Å². The van der Waals surface area contributed by atoms with Gasteiger partial charge in [-0.1, -0.05) is 0 Å². The fourth-order valence-electron chi connectivity index (χ4n) is 5.72. The van der Waals surface area contributed by atoms with Crippen molar-refractivity contribution in [1.82, 2.24) is 0 Å². The first-order chi connectivity index (χ1) is 9.53. The number of halogens is 2. The number of hydrogen-bond donors (Lipinski definition) is 1. The molecule has 4 aliphatic rings. The quantitative estimate of drug-likeness (QED) is 0.651. The Kier molecular flexibility index (Phi) is 3.61. The maximum atomic E-state index is 6.59. The summed E-state index contributed by atoms with van der Waals surface area (Å²) in [5.41, 5.74) is 8.46. The van der Waals surface area contributed by atoms with Gasteiger partial charge in [0.2, 0.25) is 0 Å². The van der Waals surface area contributed by atoms with Crippen molar-refractivity contribution in [1.29, 1.82) is 0 Å². The molecule has 4 saturated carbocycles. The molecule has 1 aromatic rings. The molecule has 0 radical (unpaired) electrons. The topological polar surface area (TPSA) is 26.0 Å². The van der Waals surface area contributed by atoms with E-state index in [1.54, 1.807) is 11.3 Å². The van der Waals surface area contributed by atoms with Crippen molar-refractivity contribution in [3.63, 3.8) is 0 Å². The molecule has 1 atom stereocenters. The Morgan fingerprint density at radius 2 is 1.70 bits per heavy atom. The molecule has 1 nitrogen and oxygen atoms in total. The van der Waals surface area contributed by atoms with Crippen LogP contribution in [0.2, 0.25) is 0 Å². The summed E-state index contributed by atoms with van der Waals surface area (Å²) in [6.45, 7) is 0. The monoisotopic (exact) mass is 417 g/mol. The Morgan fingerprint density at radius 1 is 1.15 bits per heavy atom. The van der Waals surface area contributed by atoms with Crippen molar-refractivity contribution in [3.8, 4) is 0 Å². The van der Waals surface area contributed by atoms with E-state index in [-0.39, 0.29) is 6.04 Å². The molecule has 1 unspecified atom stereocenters. The van der Waals surface area contributed by atoms with Gasteiger partial charge >= 0.3 is 0 Å². The molecule has 4 bridgehead atoms. The second-order valence-electron chi connectivity index (χ2n) is 7.51. The first kappa shape index (κ1) is 14.2. The molecule has 0 saturated heterocycles. The van der Waals surface area contributed by atoms with Gasteiger partial charge < -0.3 is 5.73 Å². The molecular weight excluding hydrogens is 398 g/mol. The van der Waals surface area contributed by atoms with Crippen LogP contribution in [0.1, 0.15) is 56.6 Å². The average Bonchev–Trinajstić information content (AvgIpc) is 2.66. The van der Waals surface area contributed by atoms with E-state index in [1.165, 1.54) is 58.1 Å². The molecule has 4 fully saturated rings. The third-order valence-electron chi connectivity index (χ3n) is 5.90. The predicted molar refractivity (Wildman–Crippen MR) is 91.9 cm³/mol. The second kappa shape index (κ2) is 5.07. The fourth-order valence-corrected chi connectivity index (χ4v) is 8.72. The smallest absolute Gasteiger partial charge is 0.0758 e. The van der Waals surface area contributed by atoms with E-state index in [2.05, 4.69) is 37.9 Å². The Balaban J connectivity index is 1.55. The molecule has 4 aliphatic carbocycles. The van der Waals surface area contributed by atoms with Gasteiger partial charge in [-0.3, -0.25) is 0 Å². The van der Waals surface area contributed by atoms with Crippen molar-refractivity contribution in [2.75, 3.05) is 0 Å². The average molecular weight is 419 g/mol. The van der Waals surface area contributed by atoms with E-state index in [0.717, 1.165) is 17.8 Å². The van der Waals surface area contributed by atoms with Gasteiger partial charge in [0.25, 0.3) is 0 Å². The van der Waals surface area contributed by atoms with Crippen LogP contribution >= 0.6 is 43.2 Å². The van der Waals surface area contributed by atoms with Gasteiger partial charge in [-0.05, 0) is 112 Å². The summed E-state index contributed by atoms with van der Waals surface area (Å²) in [5.74, 6) is 3.06. The molecule has 1 heterocycles. The van der Waals surface area contributed by atoms with Crippen LogP contribution in [0.5, 0.6) is 0 Å². The summed E-state index contributed by atoms with van der Waals surface area (Å²) >= 11 is 9.00. The molecule has 4 heteroatoms. The molecule has 0 aromatic carbocycles. The van der Waals surface area contributed by atoms with Crippen LogP contribution in [0.25, 0.3) is 0 Å². The zero-order chi connectivity index (χ0) is 13.9. The lowest BCUT2D eigenvalue weighted by atomic mass is 9.48. The molecule has 0 aliphatic heterocycles. The molecule has 1 aromatic heterocycles. The molecular formula is C16H21Br2NS. The molecule has 110 valence electrons. The Labute approximate surface area is 142 Å². The second-order valence-corrected chi connectivity index (χ2v) is 11.3. The molecule has 2 N–H and O–H groups in total. The van der Waals surface area contributed by atoms with Gasteiger partial charge in [-0.15, -0.1) is 11.3 Å². The van der Waals surface area contributed by atoms with Gasteiger partial charge in [0, 0.05) is 6.04 Å². The van der Waals surface area contributed by atoms with E-state index in [9.17, 15) is 0 Å². The number of nitrogens with two attached hydrogens (primary N) is 1. The van der Waals surface area contributed by atoms with Crippen molar-refractivity contribution in [2.45, 2.75) is 51.0 Å². The summed E-state index contributed by atoms with van der Waals surface area (Å²) in [4.78, 5) is 0. The minimum atomic E-state index is 0.197. The zero-order valence-electron chi connectivity index (χ0n) is 11.6. The van der Waals surface area contributed by atoms with Crippen LogP contribution in [0.4, 0.5) is 0 Å². The normalized spacial score (nSPS) is 40.2. The van der Waals surface area contributed by atoms with Crippen molar-refractivity contribution in [2.24, 2.45) is 28.9 Å². The van der Waals surface area contributed by atoms with E-state index >= 15 is 0 Å². The predicted octanol–water partition coefficient (Wildman–Crippen LogP) is 5.88. The van der Waals surface area contributed by atoms with E-state index < -0.39 is 0 Å². The summed E-state index contributed by atoms with van der Waals surface area (Å²) in [6, 6.07) is 2.41. The van der Waals surface area contributed by atoms with Crippen molar-refractivity contribution in [3.05, 3.63) is 19.2 Å². The summed E-state index contributed by atoms with van der Waals surface area (Å²) in [6.07, 6.45) is 10.1. The summed E-state index contributed by atoms with van der Waals surface area (Å²) < 4.78 is 2.39. The maximum absolute atomic E-state index is 6.59. The fraction of sp³-hybridized carbons (Fsp3) is 0.750. The largest absolute Gasteiger partial charge is 0.324 e. The van der Waals surface area contributed by atoms with Crippen LogP contribution < -0.4 is 5.73 Å². The highest BCUT2D eigenvalue weighted by Crippen LogP contribution is 2.62. The van der Waals surface area contributed by atoms with Crippen LogP contribution in [0.15, 0.2) is 13.6 Å². The third kappa shape index (κ3) is 2.45. The SMILES string of the molecule is NC(CC12CC3CC(CC(C3)C1)C2)c1cc(Br)sc1Br. The van der Waals surface area contributed by atoms with Crippen LogP contribution in [0.3, 0.4) is 0 Å². The van der Waals surface area contributed by atoms with Gasteiger partial charge in [-0.2, -0.15) is 0 Å². The number of thiophene rings is 1. The Morgan fingerprint density at radius 3 is 2.15 bits per heavy atom. The third-order valence-corrected chi connectivity index (χ3v) is 8.29. The van der Waals surface area contributed by atoms with E-state index in [4.69, 9.17) is 5.73 Å². The van der Waals surface area contributed by atoms with Crippen LogP contribution in [-0.2, 0) is 0 Å². The standard InChI is InChI=1S/C16H21Br2NS/c17-14-4-12(15(18)20-14)13(19)8-16-5-9-1-10(6-16)3-11(2-9)7-16/h4,9-11,13H,1-3,5-8,19H2. The maximum Gasteiger partial charge on any atom is 0.0758 e. The Hall–Kier alpha value is 0.620. The minimum absolute atomic E-state index is 0.197. The lowest BCUT2D eigenvalue weighted by Crippen LogP contribution is -2.47. The van der Waals surface area contributed by atoms with Gasteiger partial charge in [0.15, 0.2) is 0 Å². The van der Waals surface area contributed by atoms with Crippen LogP contribution in [-0.4, -0.2) is 0 Å². The molecule has 0 amide bonds. The van der Waals surface area contributed by atoms with E-state index in [1.807, 2.05) is 0 Å². The molecule has 0 spiro atoms. The summed E-state index contributed by atoms with van der Waals surface area (Å²) in [5, 5.41) is 0. The first-order valence-electron chi connectivity index (χ1n) is 7.73. The van der Waals surface area contributed by atoms with Crippen LogP contribution in [0, 0.1) is 23.2 Å². The summed E-state index contributed by atoms with van der Waals surface area (Å²) in [7, 11) is 0. The highest BCUT2D eigenvalue weighted by Gasteiger charge is 2.51. The van der Waals surface area contributed by atoms with E-state index in [0.29, 0.717) is 5.41 Å². The first-order valence-corrected chi connectivity index (χ1v) is 10.1. The van der Waals surface area contributed by atoms with Crippen molar-refractivity contribution >= 4 is 43.2 Å². The Bertz CT molecular complexity index is 489. The number of rotatable bonds is 3. The highest BCUT2D eigenvalue weighted by atomic mass is 79.9. The lowest BCUT2D eigenvalue weighted by Gasteiger charge is -2.57. The molecule has 20 heavy (non-hydrogen) atoms. The van der Waals surface area contributed by atoms with Gasteiger partial charge in [0.1, 0.15) is 0 Å². The number of hydrogen-bond acceptors (Lipinski definition) is 2. The minimum Gasteiger partial charge on any atom is -0.324 e. The molecule has 5 rings (SSSR count). The van der Waals surface area contributed by atoms with Crippen molar-refractivity contribution < 1.29 is 0 Å².